The lowest BCUT2D eigenvalue weighted by Gasteiger charge is -2.33. The van der Waals surface area contributed by atoms with Crippen LogP contribution in [0.25, 0.3) is 0 Å². The van der Waals surface area contributed by atoms with Gasteiger partial charge in [-0.15, -0.1) is 11.3 Å². The average Bonchev–Trinajstić information content (AvgIpc) is 3.45. The Balaban J connectivity index is 1.31. The number of H-pyrrole nitrogens is 1. The van der Waals surface area contributed by atoms with Crippen LogP contribution < -0.4 is 5.56 Å². The normalized spacial score (nSPS) is 19.4. The minimum Gasteiger partial charge on any atom is -0.333 e. The van der Waals surface area contributed by atoms with E-state index in [1.807, 2.05) is 41.6 Å². The Bertz CT molecular complexity index is 1140. The number of nitrogens with one attached hydrogen (secondary N) is 1. The molecule has 3 aromatic rings. The summed E-state index contributed by atoms with van der Waals surface area (Å²) in [5.74, 6) is 0.995. The number of carbonyl (C=O) groups excluding carboxylic acids is 1. The van der Waals surface area contributed by atoms with Gasteiger partial charge in [-0.05, 0) is 30.8 Å². The van der Waals surface area contributed by atoms with Crippen LogP contribution in [0.15, 0.2) is 34.7 Å². The van der Waals surface area contributed by atoms with Crippen molar-refractivity contribution in [1.29, 1.82) is 0 Å². The number of carbonyl (C=O) groups is 1. The lowest BCUT2D eigenvalue weighted by molar-refractivity contribution is 0.0737. The van der Waals surface area contributed by atoms with Crippen molar-refractivity contribution in [3.63, 3.8) is 0 Å². The van der Waals surface area contributed by atoms with Crippen molar-refractivity contribution in [2.75, 3.05) is 19.6 Å². The van der Waals surface area contributed by atoms with Crippen LogP contribution in [0, 0.1) is 0 Å². The van der Waals surface area contributed by atoms with Crippen LogP contribution in [0.2, 0.25) is 0 Å². The van der Waals surface area contributed by atoms with Gasteiger partial charge in [0.05, 0.1) is 28.9 Å². The fourth-order valence-corrected chi connectivity index (χ4v) is 5.29. The molecule has 0 radical (unpaired) electrons. The molecule has 0 unspecified atom stereocenters. The highest BCUT2D eigenvalue weighted by atomic mass is 32.1. The molecule has 1 saturated heterocycles. The molecule has 31 heavy (non-hydrogen) atoms. The monoisotopic (exact) mass is 438 g/mol. The molecular formula is C22H26N6O2S. The lowest BCUT2D eigenvalue weighted by atomic mass is 9.96. The Morgan fingerprint density at radius 2 is 2.26 bits per heavy atom. The number of aromatic nitrogens is 4. The summed E-state index contributed by atoms with van der Waals surface area (Å²) in [4.78, 5) is 38.4. The van der Waals surface area contributed by atoms with Crippen LogP contribution in [-0.2, 0) is 26.6 Å². The van der Waals surface area contributed by atoms with Crippen LogP contribution in [0.5, 0.6) is 0 Å². The second-order valence-corrected chi connectivity index (χ2v) is 9.37. The van der Waals surface area contributed by atoms with E-state index in [-0.39, 0.29) is 17.4 Å². The Kier molecular flexibility index (Phi) is 5.45. The Labute approximate surface area is 184 Å². The standard InChI is InChI=1S/C22H26N6O2S/c1-26-11-15(10-23-26)12-27-7-2-4-16(13-27)20-24-18-6-8-28(14-17(18)21(29)25-20)22(30)19-5-3-9-31-19/h3,5,9-11,16H,2,4,6-8,12-14H2,1H3,(H,24,25,29)/t16-/m1/s1. The molecule has 1 atom stereocenters. The van der Waals surface area contributed by atoms with E-state index in [2.05, 4.69) is 15.0 Å². The van der Waals surface area contributed by atoms with Crippen LogP contribution in [0.1, 0.15) is 51.1 Å². The van der Waals surface area contributed by atoms with Crippen LogP contribution >= 0.6 is 11.3 Å². The molecule has 8 nitrogen and oxygen atoms in total. The van der Waals surface area contributed by atoms with Gasteiger partial charge in [0, 0.05) is 50.8 Å². The summed E-state index contributed by atoms with van der Waals surface area (Å²) in [5.41, 5.74) is 2.57. The fourth-order valence-electron chi connectivity index (χ4n) is 4.60. The summed E-state index contributed by atoms with van der Waals surface area (Å²) in [6.45, 7) is 3.70. The third kappa shape index (κ3) is 4.20. The molecule has 0 bridgehead atoms. The first kappa shape index (κ1) is 20.1. The number of thiophene rings is 1. The third-order valence-corrected chi connectivity index (χ3v) is 7.02. The number of likely N-dealkylation sites (tertiary alicyclic amines) is 1. The molecule has 3 aromatic heterocycles. The van der Waals surface area contributed by atoms with Gasteiger partial charge >= 0.3 is 0 Å². The summed E-state index contributed by atoms with van der Waals surface area (Å²) >= 11 is 1.43. The predicted molar refractivity (Wildman–Crippen MR) is 118 cm³/mol. The SMILES string of the molecule is Cn1cc(CN2CCC[C@@H](c3nc4c(c(=O)[nH]3)CN(C(=O)c3cccs3)CC4)C2)cn1. The maximum atomic E-state index is 12.9. The predicted octanol–water partition coefficient (Wildman–Crippen LogP) is 2.14. The van der Waals surface area contributed by atoms with E-state index >= 15 is 0 Å². The van der Waals surface area contributed by atoms with E-state index in [0.717, 1.165) is 44.0 Å². The van der Waals surface area contributed by atoms with Gasteiger partial charge in [-0.25, -0.2) is 4.98 Å². The number of fused-ring (bicyclic) bond motifs is 1. The molecule has 0 saturated carbocycles. The number of amides is 1. The Morgan fingerprint density at radius 1 is 1.35 bits per heavy atom. The van der Waals surface area contributed by atoms with E-state index in [1.165, 1.54) is 16.9 Å². The molecule has 1 fully saturated rings. The summed E-state index contributed by atoms with van der Waals surface area (Å²) < 4.78 is 1.83. The Hall–Kier alpha value is -2.78. The van der Waals surface area contributed by atoms with Gasteiger partial charge in [-0.2, -0.15) is 5.10 Å². The number of aromatic amines is 1. The van der Waals surface area contributed by atoms with Gasteiger partial charge in [0.25, 0.3) is 11.5 Å². The maximum Gasteiger partial charge on any atom is 0.264 e. The van der Waals surface area contributed by atoms with Crippen molar-refractivity contribution in [3.8, 4) is 0 Å². The van der Waals surface area contributed by atoms with Gasteiger partial charge < -0.3 is 9.88 Å². The van der Waals surface area contributed by atoms with Gasteiger partial charge in [-0.3, -0.25) is 19.2 Å². The first-order valence-electron chi connectivity index (χ1n) is 10.7. The average molecular weight is 439 g/mol. The number of piperidine rings is 1. The molecule has 162 valence electrons. The van der Waals surface area contributed by atoms with Crippen LogP contribution in [0.4, 0.5) is 0 Å². The fraction of sp³-hybridized carbons (Fsp3) is 0.455. The molecule has 2 aliphatic heterocycles. The molecule has 0 spiro atoms. The topological polar surface area (TPSA) is 87.1 Å². The number of hydrogen-bond acceptors (Lipinski definition) is 6. The summed E-state index contributed by atoms with van der Waals surface area (Å²) in [5, 5.41) is 6.15. The lowest BCUT2D eigenvalue weighted by Crippen LogP contribution is -2.40. The Morgan fingerprint density at radius 3 is 3.03 bits per heavy atom. The van der Waals surface area contributed by atoms with E-state index < -0.39 is 0 Å². The minimum absolute atomic E-state index is 0.0116. The quantitative estimate of drug-likeness (QED) is 0.674. The molecule has 9 heteroatoms. The summed E-state index contributed by atoms with van der Waals surface area (Å²) in [7, 11) is 1.93. The highest BCUT2D eigenvalue weighted by Crippen LogP contribution is 2.26. The van der Waals surface area contributed by atoms with E-state index in [4.69, 9.17) is 4.98 Å². The van der Waals surface area contributed by atoms with E-state index in [0.29, 0.717) is 30.0 Å². The molecule has 0 aliphatic carbocycles. The van der Waals surface area contributed by atoms with Crippen LogP contribution in [-0.4, -0.2) is 55.1 Å². The molecular weight excluding hydrogens is 412 g/mol. The summed E-state index contributed by atoms with van der Waals surface area (Å²) in [6.07, 6.45) is 6.68. The number of aryl methyl sites for hydroxylation is 1. The van der Waals surface area contributed by atoms with Crippen molar-refractivity contribution >= 4 is 17.2 Å². The molecule has 0 aromatic carbocycles. The largest absolute Gasteiger partial charge is 0.333 e. The van der Waals surface area contributed by atoms with Crippen LogP contribution in [0.3, 0.4) is 0 Å². The molecule has 2 aliphatic rings. The third-order valence-electron chi connectivity index (χ3n) is 6.16. The zero-order chi connectivity index (χ0) is 21.4. The van der Waals surface area contributed by atoms with Crippen molar-refractivity contribution in [1.82, 2.24) is 29.5 Å². The highest BCUT2D eigenvalue weighted by Gasteiger charge is 2.28. The second-order valence-electron chi connectivity index (χ2n) is 8.43. The molecule has 5 heterocycles. The molecule has 1 N–H and O–H groups in total. The van der Waals surface area contributed by atoms with Gasteiger partial charge in [-0.1, -0.05) is 6.07 Å². The molecule has 1 amide bonds. The van der Waals surface area contributed by atoms with Crippen molar-refractivity contribution < 1.29 is 4.79 Å². The number of rotatable bonds is 4. The van der Waals surface area contributed by atoms with Crippen molar-refractivity contribution in [2.45, 2.75) is 38.3 Å². The summed E-state index contributed by atoms with van der Waals surface area (Å²) in [6, 6.07) is 3.70. The van der Waals surface area contributed by atoms with Crippen molar-refractivity contribution in [2.24, 2.45) is 7.05 Å². The van der Waals surface area contributed by atoms with E-state index in [9.17, 15) is 9.59 Å². The first-order valence-corrected chi connectivity index (χ1v) is 11.6. The zero-order valence-electron chi connectivity index (χ0n) is 17.6. The van der Waals surface area contributed by atoms with Gasteiger partial charge in [0.2, 0.25) is 0 Å². The zero-order valence-corrected chi connectivity index (χ0v) is 18.4. The number of hydrogen-bond donors (Lipinski definition) is 1. The van der Waals surface area contributed by atoms with Crippen molar-refractivity contribution in [3.05, 3.63) is 67.8 Å². The first-order chi connectivity index (χ1) is 15.1. The minimum atomic E-state index is -0.104. The highest BCUT2D eigenvalue weighted by molar-refractivity contribution is 7.12. The second kappa shape index (κ2) is 8.39. The maximum absolute atomic E-state index is 12.9. The van der Waals surface area contributed by atoms with Gasteiger partial charge in [0.1, 0.15) is 5.82 Å². The van der Waals surface area contributed by atoms with E-state index in [1.54, 1.807) is 4.90 Å². The number of nitrogens with zero attached hydrogens (tertiary/aromatic N) is 5. The van der Waals surface area contributed by atoms with Gasteiger partial charge in [0.15, 0.2) is 0 Å². The molecule has 5 rings (SSSR count). The smallest absolute Gasteiger partial charge is 0.264 e.